The summed E-state index contributed by atoms with van der Waals surface area (Å²) < 4.78 is 4.78. The second-order valence-electron chi connectivity index (χ2n) is 5.44. The van der Waals surface area contributed by atoms with E-state index in [4.69, 9.17) is 17.0 Å². The van der Waals surface area contributed by atoms with Crippen molar-refractivity contribution in [1.29, 1.82) is 0 Å². The van der Waals surface area contributed by atoms with Gasteiger partial charge in [0.1, 0.15) is 0 Å². The van der Waals surface area contributed by atoms with Crippen LogP contribution in [0.15, 0.2) is 48.5 Å². The smallest absolute Gasteiger partial charge is 0.338 e. The summed E-state index contributed by atoms with van der Waals surface area (Å²) in [6.07, 6.45) is 2.00. The predicted molar refractivity (Wildman–Crippen MR) is 102 cm³/mol. The minimum Gasteiger partial charge on any atom is -0.465 e. The number of thiocarbonyl (C=S) groups is 1. The second kappa shape index (κ2) is 9.03. The number of carbonyl (C=O) groups is 1. The summed E-state index contributed by atoms with van der Waals surface area (Å²) in [5, 5.41) is 6.89. The molecule has 0 unspecified atom stereocenters. The maximum Gasteiger partial charge on any atom is 0.338 e. The molecule has 24 heavy (non-hydrogen) atoms. The van der Waals surface area contributed by atoms with Crippen molar-refractivity contribution in [3.63, 3.8) is 0 Å². The number of anilines is 1. The number of aryl methyl sites for hydroxylation is 1. The van der Waals surface area contributed by atoms with Gasteiger partial charge in [-0.15, -0.1) is 0 Å². The molecule has 0 amide bonds. The van der Waals surface area contributed by atoms with Crippen molar-refractivity contribution >= 4 is 29.0 Å². The zero-order chi connectivity index (χ0) is 17.4. The van der Waals surface area contributed by atoms with Gasteiger partial charge >= 0.3 is 5.97 Å². The Hall–Kier alpha value is -2.40. The second-order valence-corrected chi connectivity index (χ2v) is 5.85. The molecule has 2 aromatic carbocycles. The number of nitrogens with one attached hydrogen (secondary N) is 2. The third-order valence-corrected chi connectivity index (χ3v) is 4.00. The highest BCUT2D eigenvalue weighted by Gasteiger charge is 2.12. The van der Waals surface area contributed by atoms with Gasteiger partial charge in [-0.25, -0.2) is 4.79 Å². The molecule has 0 aliphatic carbocycles. The van der Waals surface area contributed by atoms with Crippen LogP contribution in [0.2, 0.25) is 0 Å². The van der Waals surface area contributed by atoms with Crippen molar-refractivity contribution in [2.75, 3.05) is 19.0 Å². The number of benzene rings is 2. The third kappa shape index (κ3) is 5.06. The van der Waals surface area contributed by atoms with E-state index in [-0.39, 0.29) is 5.97 Å². The molecule has 0 saturated carbocycles. The number of rotatable bonds is 6. The van der Waals surface area contributed by atoms with E-state index in [0.29, 0.717) is 10.7 Å². The van der Waals surface area contributed by atoms with Gasteiger partial charge < -0.3 is 15.4 Å². The first-order valence-corrected chi connectivity index (χ1v) is 8.29. The maximum absolute atomic E-state index is 11.7. The van der Waals surface area contributed by atoms with Gasteiger partial charge in [-0.1, -0.05) is 36.4 Å². The Morgan fingerprint density at radius 1 is 1.12 bits per heavy atom. The Labute approximate surface area is 148 Å². The lowest BCUT2D eigenvalue weighted by Gasteiger charge is -2.14. The molecule has 0 atom stereocenters. The SMILES string of the molecule is COC(=O)c1cccc(NC(=S)NCCCc2ccccc2)c1C. The van der Waals surface area contributed by atoms with Gasteiger partial charge in [0, 0.05) is 12.2 Å². The third-order valence-electron chi connectivity index (χ3n) is 3.76. The molecule has 0 aromatic heterocycles. The van der Waals surface area contributed by atoms with E-state index in [2.05, 4.69) is 22.8 Å². The summed E-state index contributed by atoms with van der Waals surface area (Å²) in [7, 11) is 1.38. The molecular weight excluding hydrogens is 320 g/mol. The molecule has 0 fully saturated rings. The molecule has 2 rings (SSSR count). The van der Waals surface area contributed by atoms with Crippen LogP contribution >= 0.6 is 12.2 Å². The predicted octanol–water partition coefficient (Wildman–Crippen LogP) is 3.70. The summed E-state index contributed by atoms with van der Waals surface area (Å²) >= 11 is 5.32. The number of esters is 1. The fraction of sp³-hybridized carbons (Fsp3) is 0.263. The normalized spacial score (nSPS) is 10.1. The molecule has 0 aliphatic heterocycles. The van der Waals surface area contributed by atoms with Crippen LogP contribution in [0, 0.1) is 6.92 Å². The molecule has 2 aromatic rings. The molecule has 0 spiro atoms. The highest BCUT2D eigenvalue weighted by atomic mass is 32.1. The molecule has 0 saturated heterocycles. The fourth-order valence-corrected chi connectivity index (χ4v) is 2.62. The average Bonchev–Trinajstić information content (AvgIpc) is 2.61. The van der Waals surface area contributed by atoms with Crippen LogP contribution in [-0.2, 0) is 11.2 Å². The van der Waals surface area contributed by atoms with E-state index in [9.17, 15) is 4.79 Å². The van der Waals surface area contributed by atoms with E-state index in [1.807, 2.05) is 31.2 Å². The highest BCUT2D eigenvalue weighted by molar-refractivity contribution is 7.80. The number of ether oxygens (including phenoxy) is 1. The summed E-state index contributed by atoms with van der Waals surface area (Å²) in [5.74, 6) is -0.349. The van der Waals surface area contributed by atoms with Crippen LogP contribution in [0.25, 0.3) is 0 Å². The van der Waals surface area contributed by atoms with Crippen LogP contribution in [0.3, 0.4) is 0 Å². The molecule has 4 nitrogen and oxygen atoms in total. The topological polar surface area (TPSA) is 50.4 Å². The zero-order valence-corrected chi connectivity index (χ0v) is 14.8. The average molecular weight is 342 g/mol. The van der Waals surface area contributed by atoms with Crippen LogP contribution in [0.5, 0.6) is 0 Å². The van der Waals surface area contributed by atoms with Crippen LogP contribution in [-0.4, -0.2) is 24.7 Å². The molecule has 2 N–H and O–H groups in total. The molecule has 5 heteroatoms. The number of hydrogen-bond acceptors (Lipinski definition) is 3. The van der Waals surface area contributed by atoms with E-state index >= 15 is 0 Å². The lowest BCUT2D eigenvalue weighted by Crippen LogP contribution is -2.30. The van der Waals surface area contributed by atoms with Crippen molar-refractivity contribution in [2.45, 2.75) is 19.8 Å². The standard InChI is InChI=1S/C19H22N2O2S/c1-14-16(18(22)23-2)11-6-12-17(14)21-19(24)20-13-7-10-15-8-4-3-5-9-15/h3-6,8-9,11-12H,7,10,13H2,1-2H3,(H2,20,21,24). The molecular formula is C19H22N2O2S. The fourth-order valence-electron chi connectivity index (χ4n) is 2.41. The maximum atomic E-state index is 11.7. The minimum absolute atomic E-state index is 0.349. The number of methoxy groups -OCH3 is 1. The Kier molecular flexibility index (Phi) is 6.75. The van der Waals surface area contributed by atoms with Gasteiger partial charge in [0.15, 0.2) is 5.11 Å². The Bertz CT molecular complexity index is 702. The Balaban J connectivity index is 1.83. The Morgan fingerprint density at radius 3 is 2.58 bits per heavy atom. The van der Waals surface area contributed by atoms with E-state index in [0.717, 1.165) is 30.6 Å². The van der Waals surface area contributed by atoms with Crippen molar-refractivity contribution in [1.82, 2.24) is 5.32 Å². The van der Waals surface area contributed by atoms with Crippen LogP contribution in [0.1, 0.15) is 27.9 Å². The number of carbonyl (C=O) groups excluding carboxylic acids is 1. The van der Waals surface area contributed by atoms with Gasteiger partial charge in [0.2, 0.25) is 0 Å². The first-order chi connectivity index (χ1) is 11.6. The summed E-state index contributed by atoms with van der Waals surface area (Å²) in [4.78, 5) is 11.7. The summed E-state index contributed by atoms with van der Waals surface area (Å²) in [5.41, 5.74) is 3.48. The van der Waals surface area contributed by atoms with Gasteiger partial charge in [-0.05, 0) is 55.2 Å². The van der Waals surface area contributed by atoms with Crippen molar-refractivity contribution < 1.29 is 9.53 Å². The van der Waals surface area contributed by atoms with Gasteiger partial charge in [0.05, 0.1) is 12.7 Å². The highest BCUT2D eigenvalue weighted by Crippen LogP contribution is 2.19. The monoisotopic (exact) mass is 342 g/mol. The molecule has 0 heterocycles. The zero-order valence-electron chi connectivity index (χ0n) is 14.0. The van der Waals surface area contributed by atoms with Crippen molar-refractivity contribution in [3.8, 4) is 0 Å². The minimum atomic E-state index is -0.349. The molecule has 0 aliphatic rings. The Morgan fingerprint density at radius 2 is 1.88 bits per heavy atom. The summed E-state index contributed by atoms with van der Waals surface area (Å²) in [6.45, 7) is 2.66. The quantitative estimate of drug-likeness (QED) is 0.476. The summed E-state index contributed by atoms with van der Waals surface area (Å²) in [6, 6.07) is 15.8. The van der Waals surface area contributed by atoms with Crippen molar-refractivity contribution in [2.24, 2.45) is 0 Å². The van der Waals surface area contributed by atoms with E-state index < -0.39 is 0 Å². The van der Waals surface area contributed by atoms with Crippen molar-refractivity contribution in [3.05, 3.63) is 65.2 Å². The van der Waals surface area contributed by atoms with Crippen LogP contribution in [0.4, 0.5) is 5.69 Å². The van der Waals surface area contributed by atoms with E-state index in [1.54, 1.807) is 12.1 Å². The van der Waals surface area contributed by atoms with Gasteiger partial charge in [-0.2, -0.15) is 0 Å². The molecule has 126 valence electrons. The number of hydrogen-bond donors (Lipinski definition) is 2. The lowest BCUT2D eigenvalue weighted by atomic mass is 10.1. The first kappa shape index (κ1) is 17.9. The van der Waals surface area contributed by atoms with Gasteiger partial charge in [-0.3, -0.25) is 0 Å². The largest absolute Gasteiger partial charge is 0.465 e. The lowest BCUT2D eigenvalue weighted by molar-refractivity contribution is 0.0600. The van der Waals surface area contributed by atoms with Crippen LogP contribution < -0.4 is 10.6 Å². The van der Waals surface area contributed by atoms with Gasteiger partial charge in [0.25, 0.3) is 0 Å². The first-order valence-electron chi connectivity index (χ1n) is 7.88. The molecule has 0 bridgehead atoms. The van der Waals surface area contributed by atoms with E-state index in [1.165, 1.54) is 12.7 Å². The molecule has 0 radical (unpaired) electrons.